The van der Waals surface area contributed by atoms with E-state index in [9.17, 15) is 13.2 Å². The van der Waals surface area contributed by atoms with Gasteiger partial charge in [0.2, 0.25) is 0 Å². The lowest BCUT2D eigenvalue weighted by molar-refractivity contribution is -0.174. The van der Waals surface area contributed by atoms with Gasteiger partial charge < -0.3 is 10.5 Å². The lowest BCUT2D eigenvalue weighted by Crippen LogP contribution is -2.31. The number of para-hydroxylation sites is 1. The van der Waals surface area contributed by atoms with Gasteiger partial charge in [-0.05, 0) is 24.1 Å². The molecule has 6 heteroatoms. The van der Waals surface area contributed by atoms with E-state index in [4.69, 9.17) is 5.73 Å². The van der Waals surface area contributed by atoms with E-state index in [-0.39, 0.29) is 6.61 Å². The maximum Gasteiger partial charge on any atom is 0.411 e. The molecular formula is C14H15F3N2O. The number of halogens is 3. The summed E-state index contributed by atoms with van der Waals surface area (Å²) >= 11 is 0. The van der Waals surface area contributed by atoms with Gasteiger partial charge in [0.25, 0.3) is 0 Å². The van der Waals surface area contributed by atoms with Gasteiger partial charge in [-0.2, -0.15) is 13.2 Å². The van der Waals surface area contributed by atoms with Gasteiger partial charge in [0.1, 0.15) is 6.61 Å². The molecule has 0 amide bonds. The van der Waals surface area contributed by atoms with Crippen molar-refractivity contribution in [2.45, 2.75) is 18.6 Å². The topological polar surface area (TPSA) is 48.1 Å². The number of fused-ring (bicyclic) bond motifs is 1. The number of nitrogens with two attached hydrogens (primary N) is 1. The van der Waals surface area contributed by atoms with Crippen molar-refractivity contribution in [1.29, 1.82) is 0 Å². The fourth-order valence-electron chi connectivity index (χ4n) is 2.00. The zero-order valence-electron chi connectivity index (χ0n) is 10.7. The van der Waals surface area contributed by atoms with Crippen molar-refractivity contribution < 1.29 is 17.9 Å². The number of aromatic nitrogens is 1. The Morgan fingerprint density at radius 1 is 1.20 bits per heavy atom. The zero-order valence-corrected chi connectivity index (χ0v) is 10.7. The minimum atomic E-state index is -4.32. The third-order valence-corrected chi connectivity index (χ3v) is 2.82. The van der Waals surface area contributed by atoms with Crippen LogP contribution in [0.4, 0.5) is 13.2 Å². The van der Waals surface area contributed by atoms with Gasteiger partial charge in [0.15, 0.2) is 0 Å². The van der Waals surface area contributed by atoms with Gasteiger partial charge in [-0.3, -0.25) is 4.98 Å². The molecule has 108 valence electrons. The Balaban J connectivity index is 1.98. The Bertz CT molecular complexity index is 566. The Kier molecular flexibility index (Phi) is 4.57. The van der Waals surface area contributed by atoms with Crippen LogP contribution in [0.3, 0.4) is 0 Å². The van der Waals surface area contributed by atoms with Crippen LogP contribution >= 0.6 is 0 Å². The number of hydrogen-bond donors (Lipinski definition) is 1. The fraction of sp³-hybridized carbons (Fsp3) is 0.357. The van der Waals surface area contributed by atoms with Crippen molar-refractivity contribution in [1.82, 2.24) is 4.98 Å². The molecule has 0 spiro atoms. The minimum Gasteiger partial charge on any atom is -0.370 e. The Hall–Kier alpha value is -1.66. The second kappa shape index (κ2) is 6.19. The van der Waals surface area contributed by atoms with Crippen LogP contribution in [-0.2, 0) is 11.2 Å². The molecule has 1 unspecified atom stereocenters. The summed E-state index contributed by atoms with van der Waals surface area (Å²) in [6.07, 6.45) is -2.20. The fourth-order valence-corrected chi connectivity index (χ4v) is 2.00. The molecule has 0 fully saturated rings. The van der Waals surface area contributed by atoms with Gasteiger partial charge >= 0.3 is 6.18 Å². The lowest BCUT2D eigenvalue weighted by atomic mass is 10.0. The predicted molar refractivity (Wildman–Crippen MR) is 70.3 cm³/mol. The molecule has 2 aromatic rings. The second-order valence-corrected chi connectivity index (χ2v) is 4.58. The predicted octanol–water partition coefficient (Wildman–Crippen LogP) is 2.68. The van der Waals surface area contributed by atoms with E-state index < -0.39 is 18.8 Å². The average Bonchev–Trinajstić information content (AvgIpc) is 2.37. The highest BCUT2D eigenvalue weighted by molar-refractivity contribution is 5.81. The van der Waals surface area contributed by atoms with Crippen LogP contribution in [0.2, 0.25) is 0 Å². The van der Waals surface area contributed by atoms with Crippen LogP contribution in [0.25, 0.3) is 10.9 Å². The van der Waals surface area contributed by atoms with Crippen LogP contribution in [0.15, 0.2) is 36.5 Å². The van der Waals surface area contributed by atoms with Crippen LogP contribution in [-0.4, -0.2) is 30.4 Å². The first-order chi connectivity index (χ1) is 9.46. The molecule has 1 aromatic heterocycles. The van der Waals surface area contributed by atoms with Gasteiger partial charge in [-0.25, -0.2) is 0 Å². The molecule has 0 radical (unpaired) electrons. The summed E-state index contributed by atoms with van der Waals surface area (Å²) in [5.41, 5.74) is 7.61. The number of ether oxygens (including phenoxy) is 1. The standard InChI is InChI=1S/C14H15F3N2O/c15-14(16,17)9-20-8-11(18)7-10-5-6-19-13-4-2-1-3-12(10)13/h1-6,11H,7-9,18H2. The highest BCUT2D eigenvalue weighted by Crippen LogP contribution is 2.18. The van der Waals surface area contributed by atoms with Gasteiger partial charge in [-0.15, -0.1) is 0 Å². The number of pyridine rings is 1. The zero-order chi connectivity index (χ0) is 14.6. The normalized spacial score (nSPS) is 13.6. The third-order valence-electron chi connectivity index (χ3n) is 2.82. The highest BCUT2D eigenvalue weighted by Gasteiger charge is 2.27. The van der Waals surface area contributed by atoms with Crippen molar-refractivity contribution >= 4 is 10.9 Å². The van der Waals surface area contributed by atoms with E-state index >= 15 is 0 Å². The largest absolute Gasteiger partial charge is 0.411 e. The van der Waals surface area contributed by atoms with Crippen LogP contribution < -0.4 is 5.73 Å². The molecule has 0 bridgehead atoms. The molecule has 1 heterocycles. The molecule has 0 aliphatic heterocycles. The lowest BCUT2D eigenvalue weighted by Gasteiger charge is -2.14. The summed E-state index contributed by atoms with van der Waals surface area (Å²) in [6, 6.07) is 8.91. The van der Waals surface area contributed by atoms with Crippen LogP contribution in [0, 0.1) is 0 Å². The molecule has 0 aliphatic carbocycles. The van der Waals surface area contributed by atoms with Crippen molar-refractivity contribution in [2.75, 3.05) is 13.2 Å². The molecule has 0 saturated carbocycles. The van der Waals surface area contributed by atoms with Crippen LogP contribution in [0.1, 0.15) is 5.56 Å². The van der Waals surface area contributed by atoms with Crippen molar-refractivity contribution in [3.63, 3.8) is 0 Å². The number of benzene rings is 1. The Morgan fingerprint density at radius 3 is 2.70 bits per heavy atom. The number of nitrogens with zero attached hydrogens (tertiary/aromatic N) is 1. The SMILES string of the molecule is NC(COCC(F)(F)F)Cc1ccnc2ccccc12. The highest BCUT2D eigenvalue weighted by atomic mass is 19.4. The molecule has 0 saturated heterocycles. The molecule has 2 N–H and O–H groups in total. The summed E-state index contributed by atoms with van der Waals surface area (Å²) in [4.78, 5) is 4.22. The first-order valence-electron chi connectivity index (χ1n) is 6.18. The number of hydrogen-bond acceptors (Lipinski definition) is 3. The molecule has 2 rings (SSSR count). The maximum absolute atomic E-state index is 12.0. The molecule has 0 aliphatic rings. The van der Waals surface area contributed by atoms with Gasteiger partial charge in [0, 0.05) is 17.6 Å². The molecule has 3 nitrogen and oxygen atoms in total. The van der Waals surface area contributed by atoms with Gasteiger partial charge in [-0.1, -0.05) is 18.2 Å². The quantitative estimate of drug-likeness (QED) is 0.918. The number of rotatable bonds is 5. The van der Waals surface area contributed by atoms with E-state index in [1.165, 1.54) is 0 Å². The average molecular weight is 284 g/mol. The number of alkyl halides is 3. The Labute approximate surface area is 114 Å². The molecule has 1 aromatic carbocycles. The second-order valence-electron chi connectivity index (χ2n) is 4.58. The minimum absolute atomic E-state index is 0.129. The van der Waals surface area contributed by atoms with Crippen molar-refractivity contribution in [3.05, 3.63) is 42.1 Å². The summed E-state index contributed by atoms with van der Waals surface area (Å²) in [5, 5.41) is 0.960. The van der Waals surface area contributed by atoms with E-state index in [0.29, 0.717) is 6.42 Å². The van der Waals surface area contributed by atoms with E-state index in [1.807, 2.05) is 30.3 Å². The summed E-state index contributed by atoms with van der Waals surface area (Å²) in [6.45, 7) is -1.39. The van der Waals surface area contributed by atoms with E-state index in [1.54, 1.807) is 6.20 Å². The molecule has 20 heavy (non-hydrogen) atoms. The molecule has 1 atom stereocenters. The van der Waals surface area contributed by atoms with Crippen molar-refractivity contribution in [2.24, 2.45) is 5.73 Å². The van der Waals surface area contributed by atoms with E-state index in [0.717, 1.165) is 16.5 Å². The van der Waals surface area contributed by atoms with Crippen LogP contribution in [0.5, 0.6) is 0 Å². The monoisotopic (exact) mass is 284 g/mol. The third kappa shape index (κ3) is 4.18. The maximum atomic E-state index is 12.0. The summed E-state index contributed by atoms with van der Waals surface area (Å²) < 4.78 is 40.5. The van der Waals surface area contributed by atoms with Gasteiger partial charge in [0.05, 0.1) is 12.1 Å². The molecular weight excluding hydrogens is 269 g/mol. The summed E-state index contributed by atoms with van der Waals surface area (Å²) in [5.74, 6) is 0. The smallest absolute Gasteiger partial charge is 0.370 e. The Morgan fingerprint density at radius 2 is 1.95 bits per heavy atom. The first-order valence-corrected chi connectivity index (χ1v) is 6.18. The van der Waals surface area contributed by atoms with Crippen molar-refractivity contribution in [3.8, 4) is 0 Å². The van der Waals surface area contributed by atoms with E-state index in [2.05, 4.69) is 9.72 Å². The summed E-state index contributed by atoms with van der Waals surface area (Å²) in [7, 11) is 0. The first kappa shape index (κ1) is 14.7.